The summed E-state index contributed by atoms with van der Waals surface area (Å²) >= 11 is 0. The minimum Gasteiger partial charge on any atom is -0.488 e. The van der Waals surface area contributed by atoms with Crippen molar-refractivity contribution < 1.29 is 18.9 Å². The number of fused-ring (bicyclic) bond motifs is 1. The molecule has 2 fully saturated rings. The van der Waals surface area contributed by atoms with Gasteiger partial charge in [-0.15, -0.1) is 0 Å². The third kappa shape index (κ3) is 4.82. The van der Waals surface area contributed by atoms with Crippen LogP contribution < -0.4 is 20.3 Å². The maximum atomic E-state index is 11.8. The van der Waals surface area contributed by atoms with E-state index in [0.29, 0.717) is 41.6 Å². The predicted molar refractivity (Wildman–Crippen MR) is 121 cm³/mol. The first-order chi connectivity index (χ1) is 16.2. The Balaban J connectivity index is 1.22. The number of hydrogen-bond donors (Lipinski definition) is 2. The highest BCUT2D eigenvalue weighted by molar-refractivity contribution is 5.92. The Kier molecular flexibility index (Phi) is 6.20. The van der Waals surface area contributed by atoms with Gasteiger partial charge in [0.05, 0.1) is 19.3 Å². The zero-order valence-electron chi connectivity index (χ0n) is 18.5. The summed E-state index contributed by atoms with van der Waals surface area (Å²) in [5, 5.41) is 14.0. The number of anilines is 2. The molecular weight excluding hydrogens is 426 g/mol. The van der Waals surface area contributed by atoms with Crippen molar-refractivity contribution in [3.05, 3.63) is 30.1 Å². The van der Waals surface area contributed by atoms with Crippen LogP contribution in [0.2, 0.25) is 0 Å². The summed E-state index contributed by atoms with van der Waals surface area (Å²) in [5.41, 5.74) is 2.72. The van der Waals surface area contributed by atoms with E-state index in [1.54, 1.807) is 19.3 Å². The summed E-state index contributed by atoms with van der Waals surface area (Å²) in [6, 6.07) is 5.83. The average molecular weight is 454 g/mol. The molecule has 3 aromatic rings. The quantitative estimate of drug-likeness (QED) is 0.572. The van der Waals surface area contributed by atoms with Crippen molar-refractivity contribution >= 4 is 28.6 Å². The monoisotopic (exact) mass is 453 g/mol. The molecule has 2 aliphatic rings. The van der Waals surface area contributed by atoms with Crippen LogP contribution in [0, 0.1) is 0 Å². The van der Waals surface area contributed by atoms with E-state index in [4.69, 9.17) is 14.1 Å². The van der Waals surface area contributed by atoms with E-state index in [1.165, 1.54) is 0 Å². The number of morpholine rings is 1. The zero-order valence-corrected chi connectivity index (χ0v) is 18.5. The summed E-state index contributed by atoms with van der Waals surface area (Å²) in [4.78, 5) is 22.6. The molecule has 11 heteroatoms. The largest absolute Gasteiger partial charge is 0.488 e. The Morgan fingerprint density at radius 2 is 1.97 bits per heavy atom. The minimum absolute atomic E-state index is 0.0704. The summed E-state index contributed by atoms with van der Waals surface area (Å²) in [5.74, 6) is 0.938. The normalized spacial score (nSPS) is 21.1. The van der Waals surface area contributed by atoms with Gasteiger partial charge in [0.25, 0.3) is 5.91 Å². The lowest BCUT2D eigenvalue weighted by Gasteiger charge is -2.31. The molecule has 3 heterocycles. The lowest BCUT2D eigenvalue weighted by Crippen LogP contribution is -2.36. The third-order valence-corrected chi connectivity index (χ3v) is 6.10. The lowest BCUT2D eigenvalue weighted by atomic mass is 9.93. The first kappa shape index (κ1) is 21.4. The molecule has 1 aromatic carbocycles. The van der Waals surface area contributed by atoms with Gasteiger partial charge < -0.3 is 25.0 Å². The van der Waals surface area contributed by atoms with Crippen LogP contribution in [0.4, 0.5) is 11.6 Å². The minimum atomic E-state index is -0.231. The van der Waals surface area contributed by atoms with Crippen LogP contribution >= 0.6 is 0 Å². The Hall–Kier alpha value is -3.47. The van der Waals surface area contributed by atoms with Crippen molar-refractivity contribution in [3.63, 3.8) is 0 Å². The number of rotatable bonds is 6. The van der Waals surface area contributed by atoms with Crippen molar-refractivity contribution in [1.29, 1.82) is 0 Å². The Bertz CT molecular complexity index is 1110. The smallest absolute Gasteiger partial charge is 0.269 e. The number of ether oxygens (including phenoxy) is 2. The van der Waals surface area contributed by atoms with Crippen molar-refractivity contribution in [3.8, 4) is 5.75 Å². The second kappa shape index (κ2) is 9.57. The highest BCUT2D eigenvalue weighted by Gasteiger charge is 2.25. The second-order valence-electron chi connectivity index (χ2n) is 8.26. The van der Waals surface area contributed by atoms with E-state index in [0.717, 1.165) is 44.5 Å². The molecular formula is C22H27N7O4. The first-order valence-corrected chi connectivity index (χ1v) is 11.3. The molecule has 2 aromatic heterocycles. The molecule has 5 rings (SSSR count). The maximum Gasteiger partial charge on any atom is 0.269 e. The summed E-state index contributed by atoms with van der Waals surface area (Å²) < 4.78 is 16.8. The van der Waals surface area contributed by atoms with Crippen LogP contribution in [0.25, 0.3) is 11.0 Å². The molecule has 1 aliphatic carbocycles. The molecule has 0 bridgehead atoms. The van der Waals surface area contributed by atoms with Gasteiger partial charge in [-0.2, -0.15) is 0 Å². The fourth-order valence-electron chi connectivity index (χ4n) is 4.31. The van der Waals surface area contributed by atoms with E-state index in [2.05, 4.69) is 35.8 Å². The first-order valence-electron chi connectivity index (χ1n) is 11.3. The number of carbonyl (C=O) groups is 1. The van der Waals surface area contributed by atoms with Crippen LogP contribution in [0.3, 0.4) is 0 Å². The number of nitrogens with zero attached hydrogens (tertiary/aromatic N) is 5. The highest BCUT2D eigenvalue weighted by atomic mass is 16.6. The number of nitrogens with one attached hydrogen (secondary N) is 2. The highest BCUT2D eigenvalue weighted by Crippen LogP contribution is 2.33. The molecule has 33 heavy (non-hydrogen) atoms. The number of hydrogen-bond acceptors (Lipinski definition) is 10. The van der Waals surface area contributed by atoms with E-state index >= 15 is 0 Å². The number of carbonyl (C=O) groups excluding carboxylic acids is 1. The fraction of sp³-hybridized carbons (Fsp3) is 0.500. The molecule has 174 valence electrons. The van der Waals surface area contributed by atoms with E-state index < -0.39 is 0 Å². The summed E-state index contributed by atoms with van der Waals surface area (Å²) in [6.45, 7) is 3.07. The molecule has 1 saturated heterocycles. The maximum absolute atomic E-state index is 11.8. The van der Waals surface area contributed by atoms with Crippen LogP contribution in [-0.4, -0.2) is 71.7 Å². The van der Waals surface area contributed by atoms with Gasteiger partial charge in [0.15, 0.2) is 11.3 Å². The van der Waals surface area contributed by atoms with Crippen LogP contribution in [-0.2, 0) is 4.74 Å². The predicted octanol–water partition coefficient (Wildman–Crippen LogP) is 2.01. The second-order valence-corrected chi connectivity index (χ2v) is 8.26. The topological polar surface area (TPSA) is 128 Å². The van der Waals surface area contributed by atoms with Gasteiger partial charge in [-0.3, -0.25) is 4.79 Å². The van der Waals surface area contributed by atoms with E-state index in [1.807, 2.05) is 12.1 Å². The van der Waals surface area contributed by atoms with Crippen LogP contribution in [0.1, 0.15) is 36.2 Å². The molecule has 0 spiro atoms. The molecule has 2 N–H and O–H groups in total. The van der Waals surface area contributed by atoms with Gasteiger partial charge >= 0.3 is 0 Å². The molecule has 1 saturated carbocycles. The molecule has 0 atom stereocenters. The fourth-order valence-corrected chi connectivity index (χ4v) is 4.31. The lowest BCUT2D eigenvalue weighted by molar-refractivity contribution is 0.0958. The van der Waals surface area contributed by atoms with Gasteiger partial charge in [0.1, 0.15) is 11.2 Å². The zero-order chi connectivity index (χ0) is 22.6. The summed E-state index contributed by atoms with van der Waals surface area (Å²) in [6.07, 6.45) is 5.22. The van der Waals surface area contributed by atoms with Crippen LogP contribution in [0.5, 0.6) is 5.75 Å². The molecule has 0 radical (unpaired) electrons. The van der Waals surface area contributed by atoms with Crippen molar-refractivity contribution in [2.45, 2.75) is 37.8 Å². The number of benzene rings is 1. The Labute approximate surface area is 190 Å². The number of aromatic nitrogens is 4. The van der Waals surface area contributed by atoms with Crippen LogP contribution in [0.15, 0.2) is 29.0 Å². The molecule has 1 amide bonds. The SMILES string of the molecule is CNC(=O)c1ccnc(NC2CCC(Oc3cc(N4CCOCC4)cc4nonc34)CC2)n1. The third-order valence-electron chi connectivity index (χ3n) is 6.10. The molecule has 0 unspecified atom stereocenters. The van der Waals surface area contributed by atoms with Gasteiger partial charge in [0, 0.05) is 44.1 Å². The van der Waals surface area contributed by atoms with Gasteiger partial charge in [-0.25, -0.2) is 14.6 Å². The van der Waals surface area contributed by atoms with Crippen molar-refractivity contribution in [2.75, 3.05) is 43.6 Å². The van der Waals surface area contributed by atoms with E-state index in [9.17, 15) is 4.79 Å². The Morgan fingerprint density at radius 3 is 2.76 bits per heavy atom. The average Bonchev–Trinajstić information content (AvgIpc) is 3.35. The molecule has 11 nitrogen and oxygen atoms in total. The Morgan fingerprint density at radius 1 is 1.15 bits per heavy atom. The van der Waals surface area contributed by atoms with Crippen molar-refractivity contribution in [2.24, 2.45) is 0 Å². The molecule has 1 aliphatic heterocycles. The number of amides is 1. The standard InChI is InChI=1S/C22H27N7O4/c1-23-21(30)17-6-7-24-22(26-17)25-14-2-4-16(5-3-14)32-19-13-15(29-8-10-31-11-9-29)12-18-20(19)28-33-27-18/h6-7,12-14,16H,2-5,8-11H2,1H3,(H,23,30)(H,24,25,26). The van der Waals surface area contributed by atoms with Gasteiger partial charge in [0.2, 0.25) is 5.95 Å². The van der Waals surface area contributed by atoms with Crippen molar-refractivity contribution in [1.82, 2.24) is 25.6 Å². The van der Waals surface area contributed by atoms with Gasteiger partial charge in [-0.1, -0.05) is 0 Å². The summed E-state index contributed by atoms with van der Waals surface area (Å²) in [7, 11) is 1.58. The van der Waals surface area contributed by atoms with Gasteiger partial charge in [-0.05, 0) is 48.1 Å². The van der Waals surface area contributed by atoms with E-state index in [-0.39, 0.29) is 18.1 Å².